The van der Waals surface area contributed by atoms with Crippen LogP contribution in [0.1, 0.15) is 27.2 Å². The molecule has 178 valence electrons. The fourth-order valence-electron chi connectivity index (χ4n) is 3.96. The molecule has 0 radical (unpaired) electrons. The molecule has 0 spiro atoms. The standard InChI is InChI=1S/C29H26N6O/c1-19-13-24(16-25(14-19)35-17-21(3)31-18-35)32-28(36)23-10-9-20(2)27(15-23)34-29-30-12-11-26(33-29)22-7-5-4-6-8-22/h4-18H,1-3H3,(H,32,36)(H,30,33,34). The maximum atomic E-state index is 13.1. The second-order valence-electron chi connectivity index (χ2n) is 8.72. The zero-order chi connectivity index (χ0) is 25.1. The summed E-state index contributed by atoms with van der Waals surface area (Å²) in [6, 6.07) is 23.3. The third-order valence-electron chi connectivity index (χ3n) is 5.80. The Bertz CT molecular complexity index is 1540. The summed E-state index contributed by atoms with van der Waals surface area (Å²) in [5.41, 5.74) is 7.74. The SMILES string of the molecule is Cc1cc(NC(=O)c2ccc(C)c(Nc3nccc(-c4ccccc4)n3)c2)cc(-n2cnc(C)c2)c1. The van der Waals surface area contributed by atoms with E-state index in [-0.39, 0.29) is 5.91 Å². The van der Waals surface area contributed by atoms with Crippen molar-refractivity contribution < 1.29 is 4.79 Å². The molecule has 0 aliphatic rings. The number of hydrogen-bond donors (Lipinski definition) is 2. The molecular formula is C29H26N6O. The van der Waals surface area contributed by atoms with Gasteiger partial charge in [0.05, 0.1) is 17.7 Å². The number of benzene rings is 3. The summed E-state index contributed by atoms with van der Waals surface area (Å²) in [4.78, 5) is 26.4. The summed E-state index contributed by atoms with van der Waals surface area (Å²) >= 11 is 0. The molecule has 7 nitrogen and oxygen atoms in total. The largest absolute Gasteiger partial charge is 0.324 e. The van der Waals surface area contributed by atoms with E-state index in [1.807, 2.05) is 104 Å². The summed E-state index contributed by atoms with van der Waals surface area (Å²) < 4.78 is 1.94. The minimum atomic E-state index is -0.199. The van der Waals surface area contributed by atoms with Gasteiger partial charge in [-0.2, -0.15) is 0 Å². The predicted molar refractivity (Wildman–Crippen MR) is 143 cm³/mol. The molecule has 2 aromatic heterocycles. The fourth-order valence-corrected chi connectivity index (χ4v) is 3.96. The first-order chi connectivity index (χ1) is 17.4. The predicted octanol–water partition coefficient (Wildman–Crippen LogP) is 6.25. The number of hydrogen-bond acceptors (Lipinski definition) is 5. The molecule has 0 fully saturated rings. The van der Waals surface area contributed by atoms with Crippen LogP contribution >= 0.6 is 0 Å². The topological polar surface area (TPSA) is 84.7 Å². The van der Waals surface area contributed by atoms with Crippen molar-refractivity contribution in [2.45, 2.75) is 20.8 Å². The van der Waals surface area contributed by atoms with Crippen molar-refractivity contribution in [2.75, 3.05) is 10.6 Å². The van der Waals surface area contributed by atoms with E-state index in [9.17, 15) is 4.79 Å². The molecule has 0 bridgehead atoms. The normalized spacial score (nSPS) is 10.8. The van der Waals surface area contributed by atoms with Gasteiger partial charge in [-0.1, -0.05) is 36.4 Å². The number of carbonyl (C=O) groups is 1. The molecule has 3 aromatic carbocycles. The monoisotopic (exact) mass is 474 g/mol. The molecule has 5 rings (SSSR count). The fraction of sp³-hybridized carbons (Fsp3) is 0.103. The van der Waals surface area contributed by atoms with Crippen LogP contribution in [0.15, 0.2) is 91.5 Å². The Kier molecular flexibility index (Phi) is 6.28. The van der Waals surface area contributed by atoms with E-state index in [0.717, 1.165) is 45.1 Å². The molecule has 0 atom stereocenters. The lowest BCUT2D eigenvalue weighted by molar-refractivity contribution is 0.102. The molecular weight excluding hydrogens is 448 g/mol. The van der Waals surface area contributed by atoms with E-state index in [1.54, 1.807) is 12.5 Å². The highest BCUT2D eigenvalue weighted by molar-refractivity contribution is 6.05. The van der Waals surface area contributed by atoms with Crippen LogP contribution in [0.2, 0.25) is 0 Å². The van der Waals surface area contributed by atoms with Gasteiger partial charge in [0.2, 0.25) is 5.95 Å². The van der Waals surface area contributed by atoms with Gasteiger partial charge >= 0.3 is 0 Å². The first kappa shape index (κ1) is 23.0. The van der Waals surface area contributed by atoms with Crippen molar-refractivity contribution in [1.29, 1.82) is 0 Å². The van der Waals surface area contributed by atoms with Gasteiger partial charge in [0, 0.05) is 40.6 Å². The van der Waals surface area contributed by atoms with Crippen LogP contribution in [0.3, 0.4) is 0 Å². The van der Waals surface area contributed by atoms with Crippen LogP contribution in [0.4, 0.5) is 17.3 Å². The number of rotatable bonds is 6. The summed E-state index contributed by atoms with van der Waals surface area (Å²) in [6.45, 7) is 5.92. The van der Waals surface area contributed by atoms with Gasteiger partial charge in [-0.3, -0.25) is 4.79 Å². The molecule has 0 aliphatic carbocycles. The van der Waals surface area contributed by atoms with Crippen molar-refractivity contribution >= 4 is 23.2 Å². The molecule has 1 amide bonds. The Morgan fingerprint density at radius 2 is 1.72 bits per heavy atom. The van der Waals surface area contributed by atoms with Crippen LogP contribution in [0.25, 0.3) is 16.9 Å². The number of amides is 1. The van der Waals surface area contributed by atoms with Gasteiger partial charge in [0.25, 0.3) is 5.91 Å². The van der Waals surface area contributed by atoms with Crippen molar-refractivity contribution in [3.8, 4) is 16.9 Å². The molecule has 7 heteroatoms. The number of imidazole rings is 1. The summed E-state index contributed by atoms with van der Waals surface area (Å²) in [6.07, 6.45) is 5.44. The first-order valence-electron chi connectivity index (χ1n) is 11.6. The van der Waals surface area contributed by atoms with Gasteiger partial charge in [-0.15, -0.1) is 0 Å². The molecule has 5 aromatic rings. The Balaban J connectivity index is 1.37. The van der Waals surface area contributed by atoms with E-state index in [0.29, 0.717) is 11.5 Å². The van der Waals surface area contributed by atoms with E-state index in [4.69, 9.17) is 0 Å². The molecule has 36 heavy (non-hydrogen) atoms. The number of anilines is 3. The third kappa shape index (κ3) is 5.15. The Hall–Kier alpha value is -4.78. The van der Waals surface area contributed by atoms with Crippen molar-refractivity contribution in [1.82, 2.24) is 19.5 Å². The Morgan fingerprint density at radius 3 is 2.50 bits per heavy atom. The molecule has 0 saturated heterocycles. The molecule has 0 unspecified atom stereocenters. The first-order valence-corrected chi connectivity index (χ1v) is 11.6. The van der Waals surface area contributed by atoms with Crippen LogP contribution in [-0.4, -0.2) is 25.4 Å². The van der Waals surface area contributed by atoms with Gasteiger partial charge in [-0.25, -0.2) is 15.0 Å². The Morgan fingerprint density at radius 1 is 0.889 bits per heavy atom. The molecule has 2 heterocycles. The second kappa shape index (κ2) is 9.84. The number of carbonyl (C=O) groups excluding carboxylic acids is 1. The highest BCUT2D eigenvalue weighted by Crippen LogP contribution is 2.24. The smallest absolute Gasteiger partial charge is 0.255 e. The van der Waals surface area contributed by atoms with Gasteiger partial charge in [-0.05, 0) is 68.3 Å². The lowest BCUT2D eigenvalue weighted by Crippen LogP contribution is -2.13. The van der Waals surface area contributed by atoms with Gasteiger partial charge < -0.3 is 15.2 Å². The highest BCUT2D eigenvalue weighted by Gasteiger charge is 2.12. The zero-order valence-electron chi connectivity index (χ0n) is 20.4. The van der Waals surface area contributed by atoms with Crippen LogP contribution < -0.4 is 10.6 Å². The zero-order valence-corrected chi connectivity index (χ0v) is 20.4. The van der Waals surface area contributed by atoms with Crippen molar-refractivity contribution in [3.05, 3.63) is 114 Å². The third-order valence-corrected chi connectivity index (χ3v) is 5.80. The minimum Gasteiger partial charge on any atom is -0.324 e. The number of nitrogens with one attached hydrogen (secondary N) is 2. The van der Waals surface area contributed by atoms with Crippen molar-refractivity contribution in [3.63, 3.8) is 0 Å². The van der Waals surface area contributed by atoms with Gasteiger partial charge in [0.1, 0.15) is 0 Å². The van der Waals surface area contributed by atoms with E-state index >= 15 is 0 Å². The minimum absolute atomic E-state index is 0.199. The molecule has 0 aliphatic heterocycles. The summed E-state index contributed by atoms with van der Waals surface area (Å²) in [5.74, 6) is 0.270. The molecule has 2 N–H and O–H groups in total. The number of aromatic nitrogens is 4. The quantitative estimate of drug-likeness (QED) is 0.304. The number of nitrogens with zero attached hydrogens (tertiary/aromatic N) is 4. The van der Waals surface area contributed by atoms with E-state index < -0.39 is 0 Å². The average molecular weight is 475 g/mol. The second-order valence-corrected chi connectivity index (χ2v) is 8.72. The van der Waals surface area contributed by atoms with Gasteiger partial charge in [0.15, 0.2) is 0 Å². The molecule has 0 saturated carbocycles. The van der Waals surface area contributed by atoms with Crippen LogP contribution in [0, 0.1) is 20.8 Å². The van der Waals surface area contributed by atoms with E-state index in [1.165, 1.54) is 0 Å². The maximum absolute atomic E-state index is 13.1. The average Bonchev–Trinajstić information content (AvgIpc) is 3.32. The lowest BCUT2D eigenvalue weighted by atomic mass is 10.1. The highest BCUT2D eigenvalue weighted by atomic mass is 16.1. The number of aryl methyl sites for hydroxylation is 3. The summed E-state index contributed by atoms with van der Waals surface area (Å²) in [5, 5.41) is 6.30. The summed E-state index contributed by atoms with van der Waals surface area (Å²) in [7, 11) is 0. The van der Waals surface area contributed by atoms with E-state index in [2.05, 4.69) is 25.6 Å². The van der Waals surface area contributed by atoms with Crippen molar-refractivity contribution in [2.24, 2.45) is 0 Å². The van der Waals surface area contributed by atoms with Crippen LogP contribution in [-0.2, 0) is 0 Å². The van der Waals surface area contributed by atoms with Crippen LogP contribution in [0.5, 0.6) is 0 Å². The maximum Gasteiger partial charge on any atom is 0.255 e. The lowest BCUT2D eigenvalue weighted by Gasteiger charge is -2.13. The Labute approximate surface area is 209 Å².